The number of nitrogen functional groups attached to an aromatic ring is 1. The summed E-state index contributed by atoms with van der Waals surface area (Å²) in [7, 11) is 0. The molecule has 2 rings (SSSR count). The third-order valence-corrected chi connectivity index (χ3v) is 2.63. The van der Waals surface area contributed by atoms with Crippen molar-refractivity contribution in [2.24, 2.45) is 5.41 Å². The maximum atomic E-state index is 9.22. The molecule has 78 valence electrons. The number of nitrogens with zero attached hydrogens (tertiary/aromatic N) is 2. The Morgan fingerprint density at radius 3 is 2.79 bits per heavy atom. The first-order valence-electron chi connectivity index (χ1n) is 4.63. The van der Waals surface area contributed by atoms with Crippen molar-refractivity contribution < 1.29 is 9.84 Å². The fraction of sp³-hybridized carbons (Fsp3) is 0.667. The van der Waals surface area contributed by atoms with Crippen molar-refractivity contribution in [1.29, 1.82) is 0 Å². The van der Waals surface area contributed by atoms with E-state index in [4.69, 9.17) is 10.5 Å². The summed E-state index contributed by atoms with van der Waals surface area (Å²) in [6.45, 7) is 3.92. The normalized spacial score (nSPS) is 19.3. The molecular weight excluding hydrogens is 182 g/mol. The van der Waals surface area contributed by atoms with Gasteiger partial charge in [-0.15, -0.1) is 0 Å². The molecular formula is C9H15N3O2. The second-order valence-electron chi connectivity index (χ2n) is 4.05. The predicted octanol–water partition coefficient (Wildman–Crippen LogP) is -0.217. The highest BCUT2D eigenvalue weighted by Gasteiger charge is 2.38. The zero-order chi connectivity index (χ0) is 10.2. The summed E-state index contributed by atoms with van der Waals surface area (Å²) < 4.78 is 6.89. The van der Waals surface area contributed by atoms with Crippen LogP contribution in [0.5, 0.6) is 0 Å². The van der Waals surface area contributed by atoms with Crippen LogP contribution < -0.4 is 5.73 Å². The molecule has 3 N–H and O–H groups in total. The SMILES string of the molecule is Cc1cn(CC2(CO)COC2)nc1N. The zero-order valence-electron chi connectivity index (χ0n) is 8.23. The Labute approximate surface area is 82.5 Å². The predicted molar refractivity (Wildman–Crippen MR) is 51.7 cm³/mol. The van der Waals surface area contributed by atoms with E-state index in [0.29, 0.717) is 25.6 Å². The molecule has 0 radical (unpaired) electrons. The van der Waals surface area contributed by atoms with Gasteiger partial charge in [-0.1, -0.05) is 0 Å². The molecule has 0 aromatic carbocycles. The number of aliphatic hydroxyl groups is 1. The molecule has 1 aliphatic rings. The van der Waals surface area contributed by atoms with Gasteiger partial charge in [-0.3, -0.25) is 4.68 Å². The van der Waals surface area contributed by atoms with Gasteiger partial charge in [-0.25, -0.2) is 0 Å². The highest BCUT2D eigenvalue weighted by Crippen LogP contribution is 2.28. The topological polar surface area (TPSA) is 73.3 Å². The van der Waals surface area contributed by atoms with E-state index in [-0.39, 0.29) is 12.0 Å². The average molecular weight is 197 g/mol. The minimum atomic E-state index is -0.148. The van der Waals surface area contributed by atoms with Crippen molar-refractivity contribution >= 4 is 5.82 Å². The highest BCUT2D eigenvalue weighted by molar-refractivity contribution is 5.35. The van der Waals surface area contributed by atoms with Gasteiger partial charge in [0, 0.05) is 11.8 Å². The Hall–Kier alpha value is -1.07. The molecule has 0 aliphatic carbocycles. The second-order valence-corrected chi connectivity index (χ2v) is 4.05. The zero-order valence-corrected chi connectivity index (χ0v) is 8.23. The van der Waals surface area contributed by atoms with E-state index in [1.807, 2.05) is 13.1 Å². The molecule has 0 spiro atoms. The number of hydrogen-bond donors (Lipinski definition) is 2. The lowest BCUT2D eigenvalue weighted by molar-refractivity contribution is -0.146. The smallest absolute Gasteiger partial charge is 0.148 e. The van der Waals surface area contributed by atoms with E-state index in [0.717, 1.165) is 5.56 Å². The van der Waals surface area contributed by atoms with E-state index >= 15 is 0 Å². The summed E-state index contributed by atoms with van der Waals surface area (Å²) in [6.07, 6.45) is 1.89. The molecule has 1 aliphatic heterocycles. The number of aliphatic hydroxyl groups excluding tert-OH is 1. The minimum absolute atomic E-state index is 0.131. The quantitative estimate of drug-likeness (QED) is 0.702. The van der Waals surface area contributed by atoms with Gasteiger partial charge in [0.25, 0.3) is 0 Å². The lowest BCUT2D eigenvalue weighted by Gasteiger charge is -2.39. The lowest BCUT2D eigenvalue weighted by atomic mass is 9.87. The van der Waals surface area contributed by atoms with Crippen LogP contribution in [0.1, 0.15) is 5.56 Å². The Morgan fingerprint density at radius 1 is 1.71 bits per heavy atom. The first kappa shape index (κ1) is 9.48. The lowest BCUT2D eigenvalue weighted by Crippen LogP contribution is -2.48. The number of aromatic nitrogens is 2. The second kappa shape index (κ2) is 3.25. The fourth-order valence-corrected chi connectivity index (χ4v) is 1.58. The highest BCUT2D eigenvalue weighted by atomic mass is 16.5. The van der Waals surface area contributed by atoms with Crippen LogP contribution in [-0.2, 0) is 11.3 Å². The first-order chi connectivity index (χ1) is 6.65. The number of anilines is 1. The van der Waals surface area contributed by atoms with Crippen molar-refractivity contribution in [3.05, 3.63) is 11.8 Å². The fourth-order valence-electron chi connectivity index (χ4n) is 1.58. The number of rotatable bonds is 3. The van der Waals surface area contributed by atoms with E-state index in [2.05, 4.69) is 5.10 Å². The van der Waals surface area contributed by atoms with Gasteiger partial charge < -0.3 is 15.6 Å². The van der Waals surface area contributed by atoms with E-state index in [9.17, 15) is 5.11 Å². The maximum absolute atomic E-state index is 9.22. The van der Waals surface area contributed by atoms with E-state index < -0.39 is 0 Å². The van der Waals surface area contributed by atoms with Gasteiger partial charge in [0.2, 0.25) is 0 Å². The van der Waals surface area contributed by atoms with Crippen LogP contribution in [0.2, 0.25) is 0 Å². The molecule has 2 heterocycles. The molecule has 1 aromatic heterocycles. The van der Waals surface area contributed by atoms with Gasteiger partial charge in [-0.2, -0.15) is 5.10 Å². The van der Waals surface area contributed by atoms with Crippen LogP contribution in [0.25, 0.3) is 0 Å². The molecule has 0 atom stereocenters. The van der Waals surface area contributed by atoms with Crippen LogP contribution in [0.3, 0.4) is 0 Å². The van der Waals surface area contributed by atoms with Gasteiger partial charge in [-0.05, 0) is 6.92 Å². The number of hydrogen-bond acceptors (Lipinski definition) is 4. The molecule has 0 amide bonds. The molecule has 1 aromatic rings. The molecule has 0 bridgehead atoms. The summed E-state index contributed by atoms with van der Waals surface area (Å²) in [5.41, 5.74) is 6.46. The number of nitrogens with two attached hydrogens (primary N) is 1. The van der Waals surface area contributed by atoms with E-state index in [1.54, 1.807) is 4.68 Å². The Morgan fingerprint density at radius 2 is 2.43 bits per heavy atom. The summed E-state index contributed by atoms with van der Waals surface area (Å²) in [5, 5.41) is 13.4. The van der Waals surface area contributed by atoms with Gasteiger partial charge in [0.15, 0.2) is 0 Å². The molecule has 0 saturated carbocycles. The molecule has 5 nitrogen and oxygen atoms in total. The molecule has 0 unspecified atom stereocenters. The van der Waals surface area contributed by atoms with Crippen molar-refractivity contribution in [1.82, 2.24) is 9.78 Å². The third-order valence-electron chi connectivity index (χ3n) is 2.63. The Balaban J connectivity index is 2.09. The molecule has 1 fully saturated rings. The van der Waals surface area contributed by atoms with Crippen LogP contribution in [0, 0.1) is 12.3 Å². The average Bonchev–Trinajstić information content (AvgIpc) is 2.39. The van der Waals surface area contributed by atoms with E-state index in [1.165, 1.54) is 0 Å². The summed E-state index contributed by atoms with van der Waals surface area (Å²) in [5.74, 6) is 0.554. The van der Waals surface area contributed by atoms with Crippen LogP contribution in [0.15, 0.2) is 6.20 Å². The van der Waals surface area contributed by atoms with Gasteiger partial charge in [0.1, 0.15) is 5.82 Å². The van der Waals surface area contributed by atoms with Crippen LogP contribution in [0.4, 0.5) is 5.82 Å². The minimum Gasteiger partial charge on any atom is -0.396 e. The van der Waals surface area contributed by atoms with Crippen molar-refractivity contribution in [3.63, 3.8) is 0 Å². The summed E-state index contributed by atoms with van der Waals surface area (Å²) in [6, 6.07) is 0. The Bertz CT molecular complexity index is 306. The number of aryl methyl sites for hydroxylation is 1. The molecule has 5 heteroatoms. The first-order valence-corrected chi connectivity index (χ1v) is 4.63. The van der Waals surface area contributed by atoms with Crippen molar-refractivity contribution in [2.45, 2.75) is 13.5 Å². The van der Waals surface area contributed by atoms with Gasteiger partial charge in [0.05, 0.1) is 31.8 Å². The summed E-state index contributed by atoms with van der Waals surface area (Å²) >= 11 is 0. The molecule has 14 heavy (non-hydrogen) atoms. The largest absolute Gasteiger partial charge is 0.396 e. The van der Waals surface area contributed by atoms with Crippen molar-refractivity contribution in [3.8, 4) is 0 Å². The summed E-state index contributed by atoms with van der Waals surface area (Å²) in [4.78, 5) is 0. The van der Waals surface area contributed by atoms with Crippen molar-refractivity contribution in [2.75, 3.05) is 25.6 Å². The Kier molecular flexibility index (Phi) is 2.20. The maximum Gasteiger partial charge on any atom is 0.148 e. The van der Waals surface area contributed by atoms with Crippen LogP contribution in [-0.4, -0.2) is 34.7 Å². The van der Waals surface area contributed by atoms with Gasteiger partial charge >= 0.3 is 0 Å². The monoisotopic (exact) mass is 197 g/mol. The third kappa shape index (κ3) is 1.49. The number of ether oxygens (including phenoxy) is 1. The molecule has 1 saturated heterocycles. The van der Waals surface area contributed by atoms with Crippen LogP contribution >= 0.6 is 0 Å². The standard InChI is InChI=1S/C9H15N3O2/c1-7-2-12(11-8(7)10)3-9(4-13)5-14-6-9/h2,13H,3-6H2,1H3,(H2,10,11).